The van der Waals surface area contributed by atoms with E-state index >= 15 is 0 Å². The lowest BCUT2D eigenvalue weighted by Gasteiger charge is -2.14. The number of aromatic nitrogens is 1. The summed E-state index contributed by atoms with van der Waals surface area (Å²) in [5, 5.41) is 14.7. The number of aliphatic carboxylic acids is 1. The van der Waals surface area contributed by atoms with Crippen LogP contribution in [0.4, 0.5) is 9.93 Å². The van der Waals surface area contributed by atoms with Crippen LogP contribution in [-0.2, 0) is 9.53 Å². The number of hydrogen-bond acceptors (Lipinski definition) is 7. The molecule has 0 saturated carbocycles. The average molecular weight is 512 g/mol. The van der Waals surface area contributed by atoms with Gasteiger partial charge in [0.2, 0.25) is 0 Å². The average Bonchev–Trinajstić information content (AvgIpc) is 3.37. The van der Waals surface area contributed by atoms with E-state index in [9.17, 15) is 19.5 Å². The monoisotopic (exact) mass is 511 g/mol. The molecular weight excluding hydrogens is 486 g/mol. The van der Waals surface area contributed by atoms with Crippen molar-refractivity contribution in [2.75, 3.05) is 23.9 Å². The van der Waals surface area contributed by atoms with Crippen LogP contribution in [0.1, 0.15) is 38.8 Å². The van der Waals surface area contributed by atoms with E-state index in [1.807, 2.05) is 42.7 Å². The zero-order valence-electron chi connectivity index (χ0n) is 19.2. The molecule has 1 atom stereocenters. The third kappa shape index (κ3) is 5.49. The topological polar surface area (TPSA) is 118 Å². The Morgan fingerprint density at radius 3 is 2.34 bits per heavy atom. The summed E-state index contributed by atoms with van der Waals surface area (Å²) in [5.41, 5.74) is 4.90. The fourth-order valence-corrected chi connectivity index (χ4v) is 5.43. The largest absolute Gasteiger partial charge is 0.480 e. The molecule has 2 amide bonds. The number of ether oxygens (including phenoxy) is 1. The third-order valence-corrected chi connectivity index (χ3v) is 7.49. The molecule has 4 rings (SSSR count). The number of aryl methyl sites for hydroxylation is 1. The molecule has 0 unspecified atom stereocenters. The van der Waals surface area contributed by atoms with E-state index in [0.29, 0.717) is 17.9 Å². The summed E-state index contributed by atoms with van der Waals surface area (Å²) in [6, 6.07) is 15.1. The SMILES string of the molecule is CSCC[C@H](NC(=O)c1sc(NC(=O)OCC2c3ccccc3-c3ccccc32)nc1C)C(=O)O. The molecular formula is C25H25N3O5S2. The van der Waals surface area contributed by atoms with Crippen LogP contribution in [0.25, 0.3) is 11.1 Å². The van der Waals surface area contributed by atoms with Crippen LogP contribution in [0.2, 0.25) is 0 Å². The van der Waals surface area contributed by atoms with E-state index in [4.69, 9.17) is 4.74 Å². The molecule has 1 heterocycles. The maximum Gasteiger partial charge on any atom is 0.413 e. The molecule has 0 spiro atoms. The van der Waals surface area contributed by atoms with Crippen LogP contribution in [0.5, 0.6) is 0 Å². The van der Waals surface area contributed by atoms with E-state index in [-0.39, 0.29) is 22.5 Å². The van der Waals surface area contributed by atoms with E-state index in [2.05, 4.69) is 27.8 Å². The second kappa shape index (κ2) is 10.9. The first kappa shape index (κ1) is 24.7. The molecule has 0 aliphatic heterocycles. The fourth-order valence-electron chi connectivity index (χ4n) is 4.10. The van der Waals surface area contributed by atoms with Crippen molar-refractivity contribution < 1.29 is 24.2 Å². The van der Waals surface area contributed by atoms with Gasteiger partial charge in [0.25, 0.3) is 5.91 Å². The number of carbonyl (C=O) groups is 3. The Balaban J connectivity index is 1.39. The highest BCUT2D eigenvalue weighted by molar-refractivity contribution is 7.98. The number of nitrogens with zero attached hydrogens (tertiary/aromatic N) is 1. The Morgan fingerprint density at radius 2 is 1.74 bits per heavy atom. The van der Waals surface area contributed by atoms with Gasteiger partial charge in [0, 0.05) is 5.92 Å². The number of thioether (sulfide) groups is 1. The zero-order valence-corrected chi connectivity index (χ0v) is 20.9. The van der Waals surface area contributed by atoms with Gasteiger partial charge >= 0.3 is 12.1 Å². The van der Waals surface area contributed by atoms with Crippen LogP contribution < -0.4 is 10.6 Å². The number of benzene rings is 2. The van der Waals surface area contributed by atoms with Gasteiger partial charge < -0.3 is 15.2 Å². The number of carboxylic acids is 1. The van der Waals surface area contributed by atoms with Crippen LogP contribution in [-0.4, -0.2) is 52.7 Å². The smallest absolute Gasteiger partial charge is 0.413 e. The summed E-state index contributed by atoms with van der Waals surface area (Å²) in [6.07, 6.45) is 1.51. The lowest BCUT2D eigenvalue weighted by Crippen LogP contribution is -2.41. The van der Waals surface area contributed by atoms with E-state index in [0.717, 1.165) is 33.6 Å². The van der Waals surface area contributed by atoms with Gasteiger partial charge in [0.1, 0.15) is 17.5 Å². The molecule has 10 heteroatoms. The summed E-state index contributed by atoms with van der Waals surface area (Å²) < 4.78 is 5.53. The number of nitrogens with one attached hydrogen (secondary N) is 2. The number of amides is 2. The molecule has 2 aromatic carbocycles. The van der Waals surface area contributed by atoms with Gasteiger partial charge in [0.15, 0.2) is 5.13 Å². The van der Waals surface area contributed by atoms with Gasteiger partial charge in [0.05, 0.1) is 5.69 Å². The standard InChI is InChI=1S/C25H25N3O5S2/c1-14-21(22(29)27-20(23(30)31)11-12-34-2)35-24(26-14)28-25(32)33-13-19-17-9-5-3-7-15(17)16-8-4-6-10-18(16)19/h3-10,19-20H,11-13H2,1-2H3,(H,27,29)(H,30,31)(H,26,28,32)/t20-/m0/s1. The minimum Gasteiger partial charge on any atom is -0.480 e. The molecule has 3 N–H and O–H groups in total. The zero-order chi connectivity index (χ0) is 24.9. The first-order valence-electron chi connectivity index (χ1n) is 11.0. The summed E-state index contributed by atoms with van der Waals surface area (Å²) in [4.78, 5) is 41.1. The van der Waals surface area contributed by atoms with Crippen molar-refractivity contribution in [3.8, 4) is 11.1 Å². The van der Waals surface area contributed by atoms with Gasteiger partial charge in [-0.3, -0.25) is 10.1 Å². The van der Waals surface area contributed by atoms with Crippen LogP contribution in [0, 0.1) is 6.92 Å². The number of anilines is 1. The van der Waals surface area contributed by atoms with E-state index in [1.54, 1.807) is 6.92 Å². The highest BCUT2D eigenvalue weighted by Crippen LogP contribution is 2.44. The lowest BCUT2D eigenvalue weighted by molar-refractivity contribution is -0.139. The predicted molar refractivity (Wildman–Crippen MR) is 137 cm³/mol. The highest BCUT2D eigenvalue weighted by Gasteiger charge is 2.29. The fraction of sp³-hybridized carbons (Fsp3) is 0.280. The van der Waals surface area contributed by atoms with Crippen molar-refractivity contribution >= 4 is 46.2 Å². The van der Waals surface area contributed by atoms with E-state index in [1.165, 1.54) is 11.8 Å². The Bertz CT molecular complexity index is 1210. The normalized spacial score (nSPS) is 13.0. The maximum absolute atomic E-state index is 12.6. The number of carbonyl (C=O) groups excluding carboxylic acids is 2. The number of thiazole rings is 1. The van der Waals surface area contributed by atoms with Gasteiger partial charge in [-0.15, -0.1) is 0 Å². The minimum absolute atomic E-state index is 0.0678. The Kier molecular flexibility index (Phi) is 7.72. The summed E-state index contributed by atoms with van der Waals surface area (Å²) >= 11 is 2.48. The number of rotatable bonds is 9. The maximum atomic E-state index is 12.6. The quantitative estimate of drug-likeness (QED) is 0.379. The van der Waals surface area contributed by atoms with Crippen molar-refractivity contribution in [1.29, 1.82) is 0 Å². The van der Waals surface area contributed by atoms with Crippen molar-refractivity contribution in [1.82, 2.24) is 10.3 Å². The van der Waals surface area contributed by atoms with Gasteiger partial charge in [-0.25, -0.2) is 14.6 Å². The van der Waals surface area contributed by atoms with Crippen molar-refractivity contribution in [2.45, 2.75) is 25.3 Å². The second-order valence-corrected chi connectivity index (χ2v) is 10.0. The Hall–Kier alpha value is -3.37. The molecule has 0 radical (unpaired) electrons. The summed E-state index contributed by atoms with van der Waals surface area (Å²) in [6.45, 7) is 1.79. The molecule has 0 bridgehead atoms. The van der Waals surface area contributed by atoms with Crippen molar-refractivity contribution in [2.24, 2.45) is 0 Å². The molecule has 182 valence electrons. The number of carboxylic acid groups (broad SMARTS) is 1. The molecule has 1 aliphatic rings. The molecule has 1 aliphatic carbocycles. The summed E-state index contributed by atoms with van der Waals surface area (Å²) in [5.74, 6) is -1.09. The predicted octanol–water partition coefficient (Wildman–Crippen LogP) is 4.75. The molecule has 1 aromatic heterocycles. The Labute approximate surface area is 211 Å². The van der Waals surface area contributed by atoms with Crippen molar-refractivity contribution in [3.63, 3.8) is 0 Å². The van der Waals surface area contributed by atoms with Gasteiger partial charge in [-0.2, -0.15) is 11.8 Å². The lowest BCUT2D eigenvalue weighted by atomic mass is 9.98. The molecule has 35 heavy (non-hydrogen) atoms. The second-order valence-electron chi connectivity index (χ2n) is 8.03. The van der Waals surface area contributed by atoms with Crippen LogP contribution in [0.15, 0.2) is 48.5 Å². The van der Waals surface area contributed by atoms with Crippen molar-refractivity contribution in [3.05, 3.63) is 70.2 Å². The minimum atomic E-state index is -1.09. The first-order chi connectivity index (χ1) is 16.9. The van der Waals surface area contributed by atoms with Gasteiger partial charge in [-0.05, 0) is 47.6 Å². The summed E-state index contributed by atoms with van der Waals surface area (Å²) in [7, 11) is 0. The first-order valence-corrected chi connectivity index (χ1v) is 13.2. The highest BCUT2D eigenvalue weighted by atomic mass is 32.2. The molecule has 3 aromatic rings. The van der Waals surface area contributed by atoms with Crippen LogP contribution in [0.3, 0.4) is 0 Å². The molecule has 0 fully saturated rings. The number of fused-ring (bicyclic) bond motifs is 3. The van der Waals surface area contributed by atoms with Gasteiger partial charge in [-0.1, -0.05) is 59.9 Å². The Morgan fingerprint density at radius 1 is 1.11 bits per heavy atom. The number of hydrogen-bond donors (Lipinski definition) is 3. The molecule has 0 saturated heterocycles. The molecule has 8 nitrogen and oxygen atoms in total. The van der Waals surface area contributed by atoms with Crippen LogP contribution >= 0.6 is 23.1 Å². The third-order valence-electron chi connectivity index (χ3n) is 5.77. The van der Waals surface area contributed by atoms with E-state index < -0.39 is 24.0 Å².